The summed E-state index contributed by atoms with van der Waals surface area (Å²) in [6, 6.07) is 22.4. The SMILES string of the molecule is CC1(C)CCC(CN2CCN(c3ccc(C(=O)NS(=O)(=O)c4ccc(NC5CCN(C6CCOCC6)CC5)c([N+](=O)[O-])c4)c(Oc4ccc5nc(NC(=O)OC(C)(C)C)sc5c4)c3)CC2)=C(c2ccc(Cl)cc2)C1. The third kappa shape index (κ3) is 13.2. The van der Waals surface area contributed by atoms with Crippen LogP contribution >= 0.6 is 22.9 Å². The first-order valence-corrected chi connectivity index (χ1v) is 28.0. The zero-order chi connectivity index (χ0) is 52.4. The van der Waals surface area contributed by atoms with Gasteiger partial charge in [0.1, 0.15) is 22.8 Å². The second kappa shape index (κ2) is 22.2. The molecule has 20 heteroatoms. The largest absolute Gasteiger partial charge is 0.456 e. The van der Waals surface area contributed by atoms with Crippen molar-refractivity contribution in [2.45, 2.75) is 102 Å². The fourth-order valence-electron chi connectivity index (χ4n) is 10.3. The van der Waals surface area contributed by atoms with Crippen LogP contribution in [0.3, 0.4) is 0 Å². The molecule has 17 nitrogen and oxygen atoms in total. The number of benzene rings is 4. The summed E-state index contributed by atoms with van der Waals surface area (Å²) >= 11 is 7.48. The number of nitrogens with one attached hydrogen (secondary N) is 3. The number of thiazole rings is 1. The average molecular weight is 1070 g/mol. The standard InChI is InChI=1S/C54H65ClN8O9S2/c1-53(2,3)72-52(65)58-51-57-46-14-11-41(31-49(46)73-51)71-48-30-40(62-26-24-60(25-27-62)34-36-16-21-54(4,5)33-44(36)35-6-8-37(55)9-7-35)10-13-43(48)50(64)59-74(68,69)42-12-15-45(47(32-42)63(66)67)56-38-17-22-61(23-18-38)39-19-28-70-29-20-39/h6-15,30-32,38-39,56H,16-29,33-34H2,1-5H3,(H,59,64)(H,57,58,65). The van der Waals surface area contributed by atoms with E-state index < -0.39 is 43.1 Å². The zero-order valence-corrected chi connectivity index (χ0v) is 45.0. The number of piperazine rings is 1. The number of carbonyl (C=O) groups excluding carboxylic acids is 2. The first kappa shape index (κ1) is 53.0. The Morgan fingerprint density at radius 1 is 0.932 bits per heavy atom. The monoisotopic (exact) mass is 1070 g/mol. The summed E-state index contributed by atoms with van der Waals surface area (Å²) < 4.78 is 48.2. The van der Waals surface area contributed by atoms with E-state index in [0.717, 1.165) is 103 Å². The number of anilines is 3. The van der Waals surface area contributed by atoms with Gasteiger partial charge in [-0.1, -0.05) is 54.5 Å². The Morgan fingerprint density at radius 3 is 2.36 bits per heavy atom. The molecule has 3 aliphatic heterocycles. The second-order valence-electron chi connectivity index (χ2n) is 21.4. The van der Waals surface area contributed by atoms with Crippen molar-refractivity contribution < 1.29 is 37.1 Å². The molecule has 0 atom stereocenters. The van der Waals surface area contributed by atoms with Gasteiger partial charge in [-0.05, 0) is 131 Å². The highest BCUT2D eigenvalue weighted by molar-refractivity contribution is 7.90. The molecule has 4 heterocycles. The Hall–Kier alpha value is -5.83. The van der Waals surface area contributed by atoms with Gasteiger partial charge in [0.25, 0.3) is 21.6 Å². The van der Waals surface area contributed by atoms with E-state index in [1.54, 1.807) is 51.1 Å². The number of likely N-dealkylation sites (tertiary alicyclic amines) is 1. The number of carbonyl (C=O) groups is 2. The number of aromatic nitrogens is 1. The van der Waals surface area contributed by atoms with Crippen LogP contribution in [0.15, 0.2) is 89.3 Å². The molecule has 9 rings (SSSR count). The predicted molar refractivity (Wildman–Crippen MR) is 290 cm³/mol. The van der Waals surface area contributed by atoms with Crippen LogP contribution < -0.4 is 25.0 Å². The van der Waals surface area contributed by atoms with Gasteiger partial charge in [-0.15, -0.1) is 0 Å². The highest BCUT2D eigenvalue weighted by Crippen LogP contribution is 2.44. The molecule has 0 saturated carbocycles. The lowest BCUT2D eigenvalue weighted by atomic mass is 9.72. The normalized spacial score (nSPS) is 18.5. The molecule has 0 bridgehead atoms. The number of nitro groups is 1. The van der Waals surface area contributed by atoms with Gasteiger partial charge in [0.2, 0.25) is 0 Å². The number of nitro benzene ring substituents is 1. The Labute approximate surface area is 441 Å². The number of hydrogen-bond acceptors (Lipinski definition) is 15. The molecule has 5 aromatic rings. The number of fused-ring (bicyclic) bond motifs is 1. The quantitative estimate of drug-likeness (QED) is 0.0701. The number of nitrogens with zero attached hydrogens (tertiary/aromatic N) is 5. The van der Waals surface area contributed by atoms with E-state index in [1.807, 2.05) is 12.1 Å². The Kier molecular flexibility index (Phi) is 15.9. The lowest BCUT2D eigenvalue weighted by Crippen LogP contribution is -2.47. The van der Waals surface area contributed by atoms with Crippen LogP contribution in [0.1, 0.15) is 95.5 Å². The van der Waals surface area contributed by atoms with Crippen LogP contribution in [-0.4, -0.2) is 117 Å². The summed E-state index contributed by atoms with van der Waals surface area (Å²) in [4.78, 5) is 49.8. The minimum absolute atomic E-state index is 0.0361. The van der Waals surface area contributed by atoms with Crippen molar-refractivity contribution in [3.63, 3.8) is 0 Å². The number of ether oxygens (including phenoxy) is 3. The Morgan fingerprint density at radius 2 is 1.66 bits per heavy atom. The maximum Gasteiger partial charge on any atom is 0.413 e. The highest BCUT2D eigenvalue weighted by Gasteiger charge is 2.32. The third-order valence-corrected chi connectivity index (χ3v) is 16.7. The molecule has 0 unspecified atom stereocenters. The van der Waals surface area contributed by atoms with Gasteiger partial charge in [-0.3, -0.25) is 25.1 Å². The molecule has 3 N–H and O–H groups in total. The summed E-state index contributed by atoms with van der Waals surface area (Å²) in [5, 5.41) is 19.4. The summed E-state index contributed by atoms with van der Waals surface area (Å²) in [5.41, 5.74) is 4.64. The lowest BCUT2D eigenvalue weighted by molar-refractivity contribution is -0.384. The Bertz CT molecular complexity index is 3030. The summed E-state index contributed by atoms with van der Waals surface area (Å²) in [5.74, 6) is -0.567. The Balaban J connectivity index is 0.933. The number of halogens is 1. The molecule has 1 aromatic heterocycles. The van der Waals surface area contributed by atoms with Crippen molar-refractivity contribution >= 4 is 82.9 Å². The topological polar surface area (TPSA) is 198 Å². The summed E-state index contributed by atoms with van der Waals surface area (Å²) in [6.07, 6.45) is 6.02. The molecule has 74 heavy (non-hydrogen) atoms. The van der Waals surface area contributed by atoms with Gasteiger partial charge in [0, 0.05) is 100 Å². The van der Waals surface area contributed by atoms with Crippen molar-refractivity contribution in [2.24, 2.45) is 5.41 Å². The van der Waals surface area contributed by atoms with Crippen LogP contribution in [0.25, 0.3) is 15.8 Å². The van der Waals surface area contributed by atoms with Gasteiger partial charge in [0.15, 0.2) is 5.13 Å². The van der Waals surface area contributed by atoms with E-state index in [9.17, 15) is 28.1 Å². The molecule has 4 aromatic carbocycles. The smallest absolute Gasteiger partial charge is 0.413 e. The van der Waals surface area contributed by atoms with E-state index in [0.29, 0.717) is 45.3 Å². The number of allylic oxidation sites excluding steroid dienone is 1. The third-order valence-electron chi connectivity index (χ3n) is 14.2. The summed E-state index contributed by atoms with van der Waals surface area (Å²) in [7, 11) is -4.63. The van der Waals surface area contributed by atoms with Crippen LogP contribution in [0.4, 0.5) is 27.0 Å². The minimum Gasteiger partial charge on any atom is -0.456 e. The molecule has 2 amide bonds. The van der Waals surface area contributed by atoms with Crippen LogP contribution in [0.5, 0.6) is 11.5 Å². The van der Waals surface area contributed by atoms with Gasteiger partial charge in [-0.2, -0.15) is 0 Å². The maximum atomic E-state index is 14.2. The van der Waals surface area contributed by atoms with Gasteiger partial charge in [0.05, 0.1) is 25.6 Å². The van der Waals surface area contributed by atoms with Crippen LogP contribution in [-0.2, 0) is 19.5 Å². The van der Waals surface area contributed by atoms with Crippen LogP contribution in [0, 0.1) is 15.5 Å². The van der Waals surface area contributed by atoms with E-state index >= 15 is 0 Å². The van der Waals surface area contributed by atoms with Crippen molar-refractivity contribution in [3.05, 3.63) is 111 Å². The fourth-order valence-corrected chi connectivity index (χ4v) is 12.3. The van der Waals surface area contributed by atoms with Gasteiger partial charge in [-0.25, -0.2) is 22.9 Å². The molecule has 1 aliphatic carbocycles. The maximum absolute atomic E-state index is 14.2. The van der Waals surface area contributed by atoms with Crippen molar-refractivity contribution in [3.8, 4) is 11.5 Å². The number of piperidine rings is 1. The van der Waals surface area contributed by atoms with Crippen LogP contribution in [0.2, 0.25) is 5.02 Å². The fraction of sp³-hybridized carbons (Fsp3) is 0.463. The minimum atomic E-state index is -4.63. The average Bonchev–Trinajstić information content (AvgIpc) is 3.76. The number of hydrogen-bond donors (Lipinski definition) is 3. The summed E-state index contributed by atoms with van der Waals surface area (Å²) in [6.45, 7) is 17.0. The molecule has 3 saturated heterocycles. The highest BCUT2D eigenvalue weighted by atomic mass is 35.5. The molecule has 4 aliphatic rings. The van der Waals surface area contributed by atoms with Gasteiger partial charge >= 0.3 is 6.09 Å². The van der Waals surface area contributed by atoms with E-state index in [4.69, 9.17) is 25.8 Å². The molecular weight excluding hydrogens is 1000 g/mol. The molecule has 3 fully saturated rings. The lowest BCUT2D eigenvalue weighted by Gasteiger charge is -2.39. The van der Waals surface area contributed by atoms with Crippen molar-refractivity contribution in [1.29, 1.82) is 0 Å². The predicted octanol–water partition coefficient (Wildman–Crippen LogP) is 11.0. The molecule has 0 radical (unpaired) electrons. The zero-order valence-electron chi connectivity index (χ0n) is 42.6. The first-order chi connectivity index (χ1) is 35.2. The number of rotatable bonds is 14. The van der Waals surface area contributed by atoms with E-state index in [1.165, 1.54) is 46.2 Å². The first-order valence-electron chi connectivity index (χ1n) is 25.3. The number of sulfonamides is 1. The molecular formula is C54H65ClN8O9S2. The van der Waals surface area contributed by atoms with E-state index in [-0.39, 0.29) is 28.5 Å². The second-order valence-corrected chi connectivity index (χ2v) is 24.6. The van der Waals surface area contributed by atoms with Gasteiger partial charge < -0.3 is 29.3 Å². The van der Waals surface area contributed by atoms with E-state index in [2.05, 4.69) is 61.0 Å². The molecule has 0 spiro atoms. The van der Waals surface area contributed by atoms with Crippen molar-refractivity contribution in [2.75, 3.05) is 74.6 Å². The number of amides is 2. The van der Waals surface area contributed by atoms with Crippen molar-refractivity contribution in [1.82, 2.24) is 19.5 Å². The molecule has 394 valence electrons.